The van der Waals surface area contributed by atoms with E-state index in [2.05, 4.69) is 15.2 Å². The summed E-state index contributed by atoms with van der Waals surface area (Å²) >= 11 is 0. The Bertz CT molecular complexity index is 1660. The van der Waals surface area contributed by atoms with Crippen LogP contribution in [0, 0.1) is 17.2 Å². The van der Waals surface area contributed by atoms with Crippen LogP contribution in [0.1, 0.15) is 64.7 Å². The fourth-order valence-corrected chi connectivity index (χ4v) is 7.00. The molecule has 1 aliphatic carbocycles. The molecule has 1 aromatic carbocycles. The topological polar surface area (TPSA) is 210 Å². The number of carbonyl (C=O) groups excluding carboxylic acids is 2. The fourth-order valence-electron chi connectivity index (χ4n) is 5.48. The molecule has 1 saturated heterocycles. The van der Waals surface area contributed by atoms with Crippen molar-refractivity contribution in [3.63, 3.8) is 0 Å². The number of aliphatic hydroxyl groups excluding tert-OH is 1. The van der Waals surface area contributed by atoms with E-state index in [0.717, 1.165) is 32.1 Å². The maximum absolute atomic E-state index is 14.3. The number of benzene rings is 1. The number of hydrogen-bond acceptors (Lipinski definition) is 13. The van der Waals surface area contributed by atoms with Gasteiger partial charge in [0.15, 0.2) is 11.9 Å². The lowest BCUT2D eigenvalue weighted by Crippen LogP contribution is -2.47. The molecule has 16 heteroatoms. The van der Waals surface area contributed by atoms with Gasteiger partial charge in [-0.15, -0.1) is 0 Å². The molecule has 2 aliphatic rings. The molecule has 4 N–H and O–H groups in total. The molecule has 15 nitrogen and oxygen atoms in total. The number of ether oxygens (including phenoxy) is 3. The number of anilines is 1. The van der Waals surface area contributed by atoms with Gasteiger partial charge in [0.05, 0.1) is 11.6 Å². The molecule has 0 radical (unpaired) electrons. The van der Waals surface area contributed by atoms with Gasteiger partial charge in [0.1, 0.15) is 54.6 Å². The number of aliphatic hydroxyl groups is 1. The summed E-state index contributed by atoms with van der Waals surface area (Å²) in [5.41, 5.74) is 4.49. The van der Waals surface area contributed by atoms with E-state index in [4.69, 9.17) is 29.0 Å². The van der Waals surface area contributed by atoms with Crippen LogP contribution in [-0.4, -0.2) is 68.2 Å². The van der Waals surface area contributed by atoms with Gasteiger partial charge in [-0.05, 0) is 56.9 Å². The van der Waals surface area contributed by atoms with E-state index in [0.29, 0.717) is 11.2 Å². The van der Waals surface area contributed by atoms with Crippen molar-refractivity contribution in [2.75, 3.05) is 12.3 Å². The summed E-state index contributed by atoms with van der Waals surface area (Å²) in [4.78, 5) is 29.7. The monoisotopic (exact) mass is 670 g/mol. The number of fused-ring (bicyclic) bond motifs is 1. The normalized spacial score (nSPS) is 25.1. The third kappa shape index (κ3) is 7.58. The number of nitrogens with two attached hydrogens (primary N) is 1. The van der Waals surface area contributed by atoms with Crippen LogP contribution < -0.4 is 15.3 Å². The van der Waals surface area contributed by atoms with Gasteiger partial charge in [-0.1, -0.05) is 38.5 Å². The predicted octanol–water partition coefficient (Wildman–Crippen LogP) is 3.63. The van der Waals surface area contributed by atoms with Crippen molar-refractivity contribution in [3.05, 3.63) is 54.5 Å². The Morgan fingerprint density at radius 3 is 2.55 bits per heavy atom. The first kappa shape index (κ1) is 34.3. The van der Waals surface area contributed by atoms with E-state index in [1.165, 1.54) is 29.9 Å². The number of nitrogens with zero attached hydrogens (tertiary/aromatic N) is 4. The zero-order chi connectivity index (χ0) is 33.8. The smallest absolute Gasteiger partial charge is 0.459 e. The standard InChI is InChI=1S/C31H39N6O9P/c1-19(2)29(39)44-26-25(23-14-15-24-28(33)34-18-35-37(23)24)45-31(16-32,27(26)38)17-42-47(41,46-22-12-8-5-9-13-22)36-20(3)30(40)43-21-10-6-4-7-11-21/h5,8-9,12-15,18-21,25-27,38H,4,6-7,10-11,17H2,1-3H3,(H,36,41)(H2,33,34,35)/t20-,25-,26-,27-,31+,47-/m0/s1. The summed E-state index contributed by atoms with van der Waals surface area (Å²) in [6, 6.07) is 12.1. The molecule has 0 spiro atoms. The Morgan fingerprint density at radius 1 is 1.15 bits per heavy atom. The van der Waals surface area contributed by atoms with Crippen LogP contribution in [0.4, 0.5) is 5.82 Å². The van der Waals surface area contributed by atoms with Crippen LogP contribution in [0.15, 0.2) is 48.8 Å². The van der Waals surface area contributed by atoms with Gasteiger partial charge in [-0.2, -0.15) is 15.4 Å². The van der Waals surface area contributed by atoms with Crippen molar-refractivity contribution < 1.29 is 42.5 Å². The van der Waals surface area contributed by atoms with Crippen molar-refractivity contribution >= 4 is 31.0 Å². The maximum atomic E-state index is 14.3. The molecule has 3 aromatic rings. The molecule has 2 fully saturated rings. The van der Waals surface area contributed by atoms with E-state index >= 15 is 0 Å². The minimum Gasteiger partial charge on any atom is -0.461 e. The first-order valence-corrected chi connectivity index (χ1v) is 17.0. The highest BCUT2D eigenvalue weighted by molar-refractivity contribution is 7.52. The van der Waals surface area contributed by atoms with Crippen molar-refractivity contribution in [2.45, 2.75) is 88.9 Å². The number of para-hydroxylation sites is 1. The molecule has 1 saturated carbocycles. The first-order valence-electron chi connectivity index (χ1n) is 15.5. The Morgan fingerprint density at radius 2 is 1.87 bits per heavy atom. The number of carbonyl (C=O) groups is 2. The van der Waals surface area contributed by atoms with Crippen molar-refractivity contribution in [1.82, 2.24) is 19.7 Å². The Balaban J connectivity index is 1.42. The highest BCUT2D eigenvalue weighted by Crippen LogP contribution is 2.49. The molecule has 3 heterocycles. The molecule has 0 amide bonds. The van der Waals surface area contributed by atoms with Crippen molar-refractivity contribution in [3.8, 4) is 11.8 Å². The molecule has 0 unspecified atom stereocenters. The highest BCUT2D eigenvalue weighted by Gasteiger charge is 2.59. The SMILES string of the molecule is CC(C)C(=O)O[C@H]1[C@H](c2ccc3c(N)ncnn23)O[C@](C#N)(CO[P@@](=O)(N[C@@H](C)C(=O)OC2CCCCC2)Oc2ccccc2)[C@H]1O. The lowest BCUT2D eigenvalue weighted by atomic mass is 9.96. The number of nitriles is 1. The van der Waals surface area contributed by atoms with Crippen molar-refractivity contribution in [1.29, 1.82) is 5.26 Å². The van der Waals surface area contributed by atoms with Crippen LogP contribution in [0.5, 0.6) is 5.75 Å². The molecular weight excluding hydrogens is 631 g/mol. The molecule has 0 bridgehead atoms. The first-order chi connectivity index (χ1) is 22.4. The zero-order valence-electron chi connectivity index (χ0n) is 26.4. The molecule has 6 atom stereocenters. The fraction of sp³-hybridized carbons (Fsp3) is 0.516. The van der Waals surface area contributed by atoms with Gasteiger partial charge in [0, 0.05) is 0 Å². The zero-order valence-corrected chi connectivity index (χ0v) is 27.2. The second kappa shape index (κ2) is 14.4. The van der Waals surface area contributed by atoms with Gasteiger partial charge < -0.3 is 29.6 Å². The summed E-state index contributed by atoms with van der Waals surface area (Å²) in [6.07, 6.45) is 1.00. The summed E-state index contributed by atoms with van der Waals surface area (Å²) < 4.78 is 44.6. The van der Waals surface area contributed by atoms with E-state index in [1.54, 1.807) is 44.2 Å². The van der Waals surface area contributed by atoms with Crippen LogP contribution in [-0.2, 0) is 32.9 Å². The Labute approximate surface area is 271 Å². The molecular formula is C31H39N6O9P. The number of hydrogen-bond donors (Lipinski definition) is 3. The van der Waals surface area contributed by atoms with Crippen LogP contribution in [0.25, 0.3) is 5.52 Å². The summed E-state index contributed by atoms with van der Waals surface area (Å²) in [5.74, 6) is -1.56. The van der Waals surface area contributed by atoms with Crippen molar-refractivity contribution in [2.24, 2.45) is 5.92 Å². The van der Waals surface area contributed by atoms with Crippen LogP contribution >= 0.6 is 7.75 Å². The average Bonchev–Trinajstić information content (AvgIpc) is 3.61. The molecule has 1 aliphatic heterocycles. The van der Waals surface area contributed by atoms with Gasteiger partial charge in [0.25, 0.3) is 0 Å². The summed E-state index contributed by atoms with van der Waals surface area (Å²) in [7, 11) is -4.47. The van der Waals surface area contributed by atoms with Crippen LogP contribution in [0.3, 0.4) is 0 Å². The minimum absolute atomic E-state index is 0.147. The van der Waals surface area contributed by atoms with Gasteiger partial charge in [-0.3, -0.25) is 14.1 Å². The van der Waals surface area contributed by atoms with Gasteiger partial charge >= 0.3 is 19.7 Å². The Hall–Kier alpha value is -4.06. The molecule has 252 valence electrons. The van der Waals surface area contributed by atoms with Crippen LogP contribution in [0.2, 0.25) is 0 Å². The van der Waals surface area contributed by atoms with E-state index in [9.17, 15) is 24.5 Å². The number of aromatic nitrogens is 3. The molecule has 47 heavy (non-hydrogen) atoms. The van der Waals surface area contributed by atoms with E-state index in [1.807, 2.05) is 6.07 Å². The average molecular weight is 671 g/mol. The van der Waals surface area contributed by atoms with Gasteiger partial charge in [0.2, 0.25) is 5.60 Å². The lowest BCUT2D eigenvalue weighted by Gasteiger charge is -2.29. The highest BCUT2D eigenvalue weighted by atomic mass is 31.2. The second-order valence-corrected chi connectivity index (χ2v) is 13.7. The largest absolute Gasteiger partial charge is 0.461 e. The Kier molecular flexibility index (Phi) is 10.5. The predicted molar refractivity (Wildman–Crippen MR) is 166 cm³/mol. The second-order valence-electron chi connectivity index (χ2n) is 12.0. The lowest BCUT2D eigenvalue weighted by molar-refractivity contribution is -0.159. The number of nitrogen functional groups attached to an aromatic ring is 1. The number of rotatable bonds is 12. The third-order valence-electron chi connectivity index (χ3n) is 8.10. The minimum atomic E-state index is -4.47. The quantitative estimate of drug-likeness (QED) is 0.186. The van der Waals surface area contributed by atoms with E-state index < -0.39 is 62.2 Å². The molecule has 2 aromatic heterocycles. The third-order valence-corrected chi connectivity index (χ3v) is 9.72. The van der Waals surface area contributed by atoms with Gasteiger partial charge in [-0.25, -0.2) is 14.1 Å². The summed E-state index contributed by atoms with van der Waals surface area (Å²) in [5, 5.41) is 28.8. The summed E-state index contributed by atoms with van der Waals surface area (Å²) in [6.45, 7) is 3.87. The number of nitrogens with one attached hydrogen (secondary N) is 1. The maximum Gasteiger partial charge on any atom is 0.459 e. The number of esters is 2. The van der Waals surface area contributed by atoms with E-state index in [-0.39, 0.29) is 17.7 Å². The molecule has 5 rings (SSSR count).